The summed E-state index contributed by atoms with van der Waals surface area (Å²) < 4.78 is 0. The van der Waals surface area contributed by atoms with Crippen LogP contribution in [0.1, 0.15) is 97.9 Å². The average molecular weight is 693 g/mol. The molecule has 268 valence electrons. The second-order valence-electron chi connectivity index (χ2n) is 12.8. The van der Waals surface area contributed by atoms with Gasteiger partial charge in [-0.3, -0.25) is 19.4 Å². The molecule has 4 N–H and O–H groups in total. The van der Waals surface area contributed by atoms with E-state index in [4.69, 9.17) is 9.97 Å². The number of hydrazine groups is 1. The number of aromatic nitrogens is 4. The Morgan fingerprint density at radius 2 is 1.16 bits per heavy atom. The number of carboxylic acid groups (broad SMARTS) is 2. The van der Waals surface area contributed by atoms with Crippen molar-refractivity contribution in [2.45, 2.75) is 66.7 Å². The van der Waals surface area contributed by atoms with Crippen molar-refractivity contribution >= 4 is 74.9 Å². The number of H-pyrrole nitrogens is 2. The lowest BCUT2D eigenvalue weighted by Gasteiger charge is -2.23. The normalized spacial score (nSPS) is 12.5. The van der Waals surface area contributed by atoms with Crippen LogP contribution in [0.3, 0.4) is 0 Å². The molecule has 0 spiro atoms. The Balaban J connectivity index is 0.000000573. The zero-order chi connectivity index (χ0) is 37.6. The van der Waals surface area contributed by atoms with Crippen molar-refractivity contribution in [1.82, 2.24) is 30.0 Å². The number of hydrogen-bond donors (Lipinski definition) is 4. The number of nitrogens with zero attached hydrogens (tertiary/aromatic N) is 4. The molecule has 0 fully saturated rings. The van der Waals surface area contributed by atoms with Gasteiger partial charge in [0.1, 0.15) is 0 Å². The predicted octanol–water partition coefficient (Wildman–Crippen LogP) is 8.14. The molecular weight excluding hydrogens is 644 g/mol. The minimum Gasteiger partial charge on any atom is -0.481 e. The number of allylic oxidation sites excluding steroid dienone is 4. The fourth-order valence-electron chi connectivity index (χ4n) is 6.34. The van der Waals surface area contributed by atoms with Crippen LogP contribution in [0.5, 0.6) is 0 Å². The van der Waals surface area contributed by atoms with E-state index in [1.54, 1.807) is 10.0 Å². The first-order valence-electron chi connectivity index (χ1n) is 17.0. The lowest BCUT2D eigenvalue weighted by atomic mass is 9.98. The molecule has 8 bridgehead atoms. The van der Waals surface area contributed by atoms with Crippen LogP contribution in [0, 0.1) is 13.8 Å². The van der Waals surface area contributed by atoms with Gasteiger partial charge in [0.25, 0.3) is 0 Å². The van der Waals surface area contributed by atoms with Crippen LogP contribution >= 0.6 is 0 Å². The van der Waals surface area contributed by atoms with Crippen molar-refractivity contribution in [2.24, 2.45) is 0 Å². The molecule has 51 heavy (non-hydrogen) atoms. The van der Waals surface area contributed by atoms with Gasteiger partial charge in [-0.1, -0.05) is 32.2 Å². The zero-order valence-electron chi connectivity index (χ0n) is 30.6. The summed E-state index contributed by atoms with van der Waals surface area (Å²) in [6, 6.07) is 7.88. The van der Waals surface area contributed by atoms with E-state index in [2.05, 4.69) is 29.2 Å². The molecule has 0 unspecified atom stereocenters. The smallest absolute Gasteiger partial charge is 0.303 e. The molecule has 2 aliphatic rings. The molecule has 2 aliphatic heterocycles. The van der Waals surface area contributed by atoms with Crippen molar-refractivity contribution in [2.75, 3.05) is 20.6 Å². The monoisotopic (exact) mass is 692 g/mol. The van der Waals surface area contributed by atoms with E-state index < -0.39 is 11.9 Å². The van der Waals surface area contributed by atoms with Crippen LogP contribution in [0.15, 0.2) is 37.4 Å². The van der Waals surface area contributed by atoms with Crippen LogP contribution in [0.2, 0.25) is 0 Å². The number of carbonyl (C=O) groups is 3. The second kappa shape index (κ2) is 16.4. The second-order valence-corrected chi connectivity index (χ2v) is 12.8. The van der Waals surface area contributed by atoms with Gasteiger partial charge in [0, 0.05) is 66.7 Å². The zero-order valence-corrected chi connectivity index (χ0v) is 30.6. The molecule has 5 rings (SSSR count). The largest absolute Gasteiger partial charge is 0.481 e. The highest BCUT2D eigenvalue weighted by molar-refractivity contribution is 5.97. The Morgan fingerprint density at radius 3 is 1.53 bits per heavy atom. The molecule has 11 heteroatoms. The molecule has 0 atom stereocenters. The lowest BCUT2D eigenvalue weighted by molar-refractivity contribution is -0.137. The molecule has 0 saturated carbocycles. The number of aliphatic carboxylic acids is 2. The minimum atomic E-state index is -0.889. The Kier molecular flexibility index (Phi) is 12.3. The molecular formula is C40H48N6O5. The Bertz CT molecular complexity index is 2110. The van der Waals surface area contributed by atoms with Gasteiger partial charge in [0.05, 0.1) is 22.8 Å². The average Bonchev–Trinajstić information content (AvgIpc) is 3.74. The van der Waals surface area contributed by atoms with Crippen LogP contribution in [0.4, 0.5) is 0 Å². The quantitative estimate of drug-likeness (QED) is 0.110. The fraction of sp³-hybridized carbons (Fsp3) is 0.325. The minimum absolute atomic E-state index is 0.0367. The number of hydrogen-bond acceptors (Lipinski definition) is 6. The van der Waals surface area contributed by atoms with E-state index >= 15 is 0 Å². The van der Waals surface area contributed by atoms with E-state index in [0.717, 1.165) is 97.4 Å². The van der Waals surface area contributed by atoms with Gasteiger partial charge >= 0.3 is 11.9 Å². The summed E-state index contributed by atoms with van der Waals surface area (Å²) in [4.78, 5) is 50.2. The van der Waals surface area contributed by atoms with Gasteiger partial charge in [-0.05, 0) is 105 Å². The molecule has 0 radical (unpaired) electrons. The van der Waals surface area contributed by atoms with Crippen LogP contribution in [-0.2, 0) is 14.4 Å². The number of fused-ring (bicyclic) bond motifs is 8. The summed E-state index contributed by atoms with van der Waals surface area (Å²) in [5, 5.41) is 22.3. The topological polar surface area (TPSA) is 156 Å². The van der Waals surface area contributed by atoms with Gasteiger partial charge in [-0.15, -0.1) is 0 Å². The number of aromatic amines is 2. The van der Waals surface area contributed by atoms with Crippen molar-refractivity contribution < 1.29 is 24.6 Å². The van der Waals surface area contributed by atoms with E-state index in [1.165, 1.54) is 0 Å². The van der Waals surface area contributed by atoms with Crippen LogP contribution in [0.25, 0.3) is 56.5 Å². The third-order valence-corrected chi connectivity index (χ3v) is 9.31. The van der Waals surface area contributed by atoms with E-state index in [-0.39, 0.29) is 12.8 Å². The molecule has 1 amide bonds. The number of rotatable bonds is 12. The van der Waals surface area contributed by atoms with Gasteiger partial charge in [-0.25, -0.2) is 15.0 Å². The first-order valence-corrected chi connectivity index (χ1v) is 17.0. The molecule has 0 aromatic carbocycles. The van der Waals surface area contributed by atoms with Crippen molar-refractivity contribution in [1.29, 1.82) is 0 Å². The summed E-state index contributed by atoms with van der Waals surface area (Å²) in [5.74, 6) is -1.78. The number of carboxylic acids is 2. The summed E-state index contributed by atoms with van der Waals surface area (Å²) >= 11 is 0. The Morgan fingerprint density at radius 1 is 0.725 bits per heavy atom. The Hall–Kier alpha value is -5.55. The maximum Gasteiger partial charge on any atom is 0.303 e. The summed E-state index contributed by atoms with van der Waals surface area (Å²) in [7, 11) is 3.70. The fourth-order valence-corrected chi connectivity index (χ4v) is 6.34. The highest BCUT2D eigenvalue weighted by Crippen LogP contribution is 2.38. The van der Waals surface area contributed by atoms with Gasteiger partial charge in [-0.2, -0.15) is 0 Å². The first-order chi connectivity index (χ1) is 24.2. The molecule has 0 saturated heterocycles. The molecule has 5 heterocycles. The maximum absolute atomic E-state index is 11.5. The number of nitrogens with one attached hydrogen (secondary N) is 2. The van der Waals surface area contributed by atoms with Gasteiger partial charge in [0.2, 0.25) is 6.41 Å². The SMILES string of the molecule is C=Cc1c(C)c2cc3[nH]c(cc4nc(cc5nc(cc1[nH]2)C(C)=C5CCC(=O)O)C(CCC(=O)O)=C4C)c(C)c3C=C.CCCN(C=O)N(C)C. The number of carbonyl (C=O) groups excluding carboxylic acids is 1. The first kappa shape index (κ1) is 38.3. The van der Waals surface area contributed by atoms with E-state index in [1.807, 2.05) is 79.1 Å². The third-order valence-electron chi connectivity index (χ3n) is 9.31. The summed E-state index contributed by atoms with van der Waals surface area (Å²) in [6.45, 7) is 18.9. The van der Waals surface area contributed by atoms with Crippen molar-refractivity contribution in [3.63, 3.8) is 0 Å². The van der Waals surface area contributed by atoms with Gasteiger partial charge < -0.3 is 20.2 Å². The maximum atomic E-state index is 11.5. The third kappa shape index (κ3) is 8.43. The number of aryl methyl sites for hydroxylation is 2. The highest BCUT2D eigenvalue weighted by atomic mass is 16.4. The lowest BCUT2D eigenvalue weighted by Crippen LogP contribution is -2.36. The van der Waals surface area contributed by atoms with Gasteiger partial charge in [0.15, 0.2) is 0 Å². The predicted molar refractivity (Wildman–Crippen MR) is 206 cm³/mol. The number of amides is 1. The summed E-state index contributed by atoms with van der Waals surface area (Å²) in [5.41, 5.74) is 13.7. The van der Waals surface area contributed by atoms with Crippen molar-refractivity contribution in [3.05, 3.63) is 82.5 Å². The van der Waals surface area contributed by atoms with Crippen LogP contribution in [-0.4, -0.2) is 79.2 Å². The molecule has 3 aromatic heterocycles. The van der Waals surface area contributed by atoms with E-state index in [9.17, 15) is 24.6 Å². The van der Waals surface area contributed by atoms with Crippen molar-refractivity contribution in [3.8, 4) is 0 Å². The molecule has 0 aliphatic carbocycles. The standard InChI is InChI=1S/C34H34N4O4.C6H14N2O/c1-7-21-17(3)25-13-26-19(5)23(9-11-33(39)40)31(37-26)16-32-24(10-12-34(41)42)20(6)28(38-32)15-30-22(8-2)18(4)27(36-30)14-29(21)35-25;1-4-5-8(6-9)7(2)3/h7-8,13-16,35-36H,1-2,9-12H2,3-6H3,(H,39,40)(H,41,42);6H,4-5H2,1-3H3. The summed E-state index contributed by atoms with van der Waals surface area (Å²) in [6.07, 6.45) is 6.03. The molecule has 11 nitrogen and oxygen atoms in total. The highest BCUT2D eigenvalue weighted by Gasteiger charge is 2.22. The Labute approximate surface area is 298 Å². The van der Waals surface area contributed by atoms with E-state index in [0.29, 0.717) is 24.2 Å². The van der Waals surface area contributed by atoms with Crippen LogP contribution < -0.4 is 0 Å². The molecule has 3 aromatic rings.